The Morgan fingerprint density at radius 1 is 1.31 bits per heavy atom. The molecule has 0 aliphatic heterocycles. The van der Waals surface area contributed by atoms with Gasteiger partial charge in [-0.15, -0.1) is 0 Å². The van der Waals surface area contributed by atoms with Crippen molar-refractivity contribution in [3.8, 4) is 0 Å². The largest absolute Gasteiger partial charge is 0.360 e. The molecule has 0 saturated heterocycles. The molecule has 1 aromatic heterocycles. The first-order valence-electron chi connectivity index (χ1n) is 4.05. The second kappa shape index (κ2) is 2.83. The number of aryl methyl sites for hydroxylation is 1. The average molecular weight is 181 g/mol. The van der Waals surface area contributed by atoms with E-state index in [1.807, 2.05) is 13.0 Å². The van der Waals surface area contributed by atoms with Gasteiger partial charge in [0.1, 0.15) is 0 Å². The van der Waals surface area contributed by atoms with E-state index in [2.05, 4.69) is 4.98 Å². The van der Waals surface area contributed by atoms with Gasteiger partial charge in [-0.25, -0.2) is 8.78 Å². The molecule has 0 amide bonds. The van der Waals surface area contributed by atoms with E-state index < -0.39 is 6.43 Å². The number of para-hydroxylation sites is 1. The summed E-state index contributed by atoms with van der Waals surface area (Å²) in [6.07, 6.45) is -1.03. The SMILES string of the molecule is Cc1cccc2c(C(F)F)c[nH]c12. The van der Waals surface area contributed by atoms with Crippen LogP contribution in [0.5, 0.6) is 0 Å². The number of hydrogen-bond donors (Lipinski definition) is 1. The van der Waals surface area contributed by atoms with Crippen molar-refractivity contribution in [1.29, 1.82) is 0 Å². The summed E-state index contributed by atoms with van der Waals surface area (Å²) in [7, 11) is 0. The molecule has 0 spiro atoms. The zero-order valence-corrected chi connectivity index (χ0v) is 7.14. The maximum absolute atomic E-state index is 12.4. The van der Waals surface area contributed by atoms with Crippen molar-refractivity contribution in [2.24, 2.45) is 0 Å². The number of rotatable bonds is 1. The second-order valence-electron chi connectivity index (χ2n) is 3.04. The van der Waals surface area contributed by atoms with Crippen molar-refractivity contribution < 1.29 is 8.78 Å². The molecule has 0 aliphatic rings. The lowest BCUT2D eigenvalue weighted by Gasteiger charge is -1.97. The van der Waals surface area contributed by atoms with Gasteiger partial charge >= 0.3 is 0 Å². The molecule has 1 nitrogen and oxygen atoms in total. The lowest BCUT2D eigenvalue weighted by atomic mass is 10.1. The number of benzene rings is 1. The predicted molar refractivity (Wildman–Crippen MR) is 48.0 cm³/mol. The number of nitrogens with one attached hydrogen (secondary N) is 1. The standard InChI is InChI=1S/C10H9F2N/c1-6-3-2-4-7-8(10(11)12)5-13-9(6)7/h2-5,10,13H,1H3. The molecule has 68 valence electrons. The number of aromatic nitrogens is 1. The number of fused-ring (bicyclic) bond motifs is 1. The van der Waals surface area contributed by atoms with Crippen LogP contribution >= 0.6 is 0 Å². The summed E-state index contributed by atoms with van der Waals surface area (Å²) in [6.45, 7) is 1.90. The summed E-state index contributed by atoms with van der Waals surface area (Å²) in [4.78, 5) is 2.86. The normalized spacial score (nSPS) is 11.4. The van der Waals surface area contributed by atoms with Gasteiger partial charge in [-0.3, -0.25) is 0 Å². The second-order valence-corrected chi connectivity index (χ2v) is 3.04. The lowest BCUT2D eigenvalue weighted by molar-refractivity contribution is 0.153. The third kappa shape index (κ3) is 1.20. The summed E-state index contributed by atoms with van der Waals surface area (Å²) in [5.74, 6) is 0. The Balaban J connectivity index is 2.75. The highest BCUT2D eigenvalue weighted by atomic mass is 19.3. The third-order valence-electron chi connectivity index (χ3n) is 2.19. The van der Waals surface area contributed by atoms with Crippen molar-refractivity contribution in [2.75, 3.05) is 0 Å². The topological polar surface area (TPSA) is 15.8 Å². The molecule has 1 N–H and O–H groups in total. The van der Waals surface area contributed by atoms with Crippen LogP contribution in [0.1, 0.15) is 17.6 Å². The molecule has 0 atom stereocenters. The van der Waals surface area contributed by atoms with Gasteiger partial charge in [0.25, 0.3) is 6.43 Å². The van der Waals surface area contributed by atoms with Crippen LogP contribution in [-0.2, 0) is 0 Å². The van der Waals surface area contributed by atoms with Crippen molar-refractivity contribution >= 4 is 10.9 Å². The monoisotopic (exact) mass is 181 g/mol. The van der Waals surface area contributed by atoms with Gasteiger partial charge in [-0.2, -0.15) is 0 Å². The molecule has 0 radical (unpaired) electrons. The highest BCUT2D eigenvalue weighted by Gasteiger charge is 2.13. The molecule has 0 unspecified atom stereocenters. The minimum atomic E-state index is -2.41. The number of H-pyrrole nitrogens is 1. The van der Waals surface area contributed by atoms with E-state index >= 15 is 0 Å². The highest BCUT2D eigenvalue weighted by Crippen LogP contribution is 2.28. The number of aromatic amines is 1. The fourth-order valence-corrected chi connectivity index (χ4v) is 1.51. The molecular formula is C10H9F2N. The Labute approximate surface area is 74.4 Å². The zero-order chi connectivity index (χ0) is 9.42. The van der Waals surface area contributed by atoms with E-state index in [1.54, 1.807) is 12.1 Å². The maximum Gasteiger partial charge on any atom is 0.265 e. The first-order valence-corrected chi connectivity index (χ1v) is 4.05. The minimum Gasteiger partial charge on any atom is -0.360 e. The van der Waals surface area contributed by atoms with E-state index in [-0.39, 0.29) is 5.56 Å². The molecule has 2 aromatic rings. The smallest absolute Gasteiger partial charge is 0.265 e. The first-order chi connectivity index (χ1) is 6.20. The molecule has 1 heterocycles. The van der Waals surface area contributed by atoms with Crippen molar-refractivity contribution in [3.63, 3.8) is 0 Å². The molecule has 0 saturated carbocycles. The fourth-order valence-electron chi connectivity index (χ4n) is 1.51. The molecule has 0 bridgehead atoms. The van der Waals surface area contributed by atoms with Crippen LogP contribution in [0, 0.1) is 6.92 Å². The minimum absolute atomic E-state index is 0.0821. The Hall–Kier alpha value is -1.38. The number of alkyl halides is 2. The Morgan fingerprint density at radius 2 is 2.08 bits per heavy atom. The van der Waals surface area contributed by atoms with Gasteiger partial charge in [0.05, 0.1) is 0 Å². The van der Waals surface area contributed by atoms with Gasteiger partial charge in [-0.1, -0.05) is 18.2 Å². The maximum atomic E-state index is 12.4. The molecule has 1 aromatic carbocycles. The van der Waals surface area contributed by atoms with E-state index in [1.165, 1.54) is 6.20 Å². The van der Waals surface area contributed by atoms with Crippen LogP contribution in [0.15, 0.2) is 24.4 Å². The average Bonchev–Trinajstić information content (AvgIpc) is 2.48. The van der Waals surface area contributed by atoms with E-state index in [9.17, 15) is 8.78 Å². The van der Waals surface area contributed by atoms with Crippen LogP contribution in [0.25, 0.3) is 10.9 Å². The molecule has 13 heavy (non-hydrogen) atoms. The fraction of sp³-hybridized carbons (Fsp3) is 0.200. The van der Waals surface area contributed by atoms with Crippen molar-refractivity contribution in [3.05, 3.63) is 35.5 Å². The van der Waals surface area contributed by atoms with E-state index in [0.29, 0.717) is 5.39 Å². The summed E-state index contributed by atoms with van der Waals surface area (Å²) in [5.41, 5.74) is 1.88. The lowest BCUT2D eigenvalue weighted by Crippen LogP contribution is -1.80. The molecule has 2 rings (SSSR count). The van der Waals surface area contributed by atoms with E-state index in [4.69, 9.17) is 0 Å². The van der Waals surface area contributed by atoms with Crippen LogP contribution in [0.2, 0.25) is 0 Å². The van der Waals surface area contributed by atoms with Gasteiger partial charge < -0.3 is 4.98 Å². The van der Waals surface area contributed by atoms with Crippen LogP contribution in [0.3, 0.4) is 0 Å². The Kier molecular flexibility index (Phi) is 1.79. The molecule has 0 aliphatic carbocycles. The summed E-state index contributed by atoms with van der Waals surface area (Å²) in [5, 5.41) is 0.620. The number of halogens is 2. The predicted octanol–water partition coefficient (Wildman–Crippen LogP) is 3.41. The summed E-state index contributed by atoms with van der Waals surface area (Å²) >= 11 is 0. The summed E-state index contributed by atoms with van der Waals surface area (Å²) in [6, 6.07) is 5.39. The van der Waals surface area contributed by atoms with Crippen LogP contribution in [0.4, 0.5) is 8.78 Å². The quantitative estimate of drug-likeness (QED) is 0.693. The first kappa shape index (κ1) is 8.23. The summed E-state index contributed by atoms with van der Waals surface area (Å²) < 4.78 is 24.9. The van der Waals surface area contributed by atoms with Crippen LogP contribution < -0.4 is 0 Å². The third-order valence-corrected chi connectivity index (χ3v) is 2.19. The zero-order valence-electron chi connectivity index (χ0n) is 7.14. The van der Waals surface area contributed by atoms with Crippen LogP contribution in [-0.4, -0.2) is 4.98 Å². The van der Waals surface area contributed by atoms with Gasteiger partial charge in [0.15, 0.2) is 0 Å². The Bertz CT molecular complexity index is 431. The van der Waals surface area contributed by atoms with Crippen molar-refractivity contribution in [1.82, 2.24) is 4.98 Å². The van der Waals surface area contributed by atoms with Gasteiger partial charge in [0, 0.05) is 22.7 Å². The molecular weight excluding hydrogens is 172 g/mol. The molecule has 0 fully saturated rings. The Morgan fingerprint density at radius 3 is 2.77 bits per heavy atom. The van der Waals surface area contributed by atoms with E-state index in [0.717, 1.165) is 11.1 Å². The highest BCUT2D eigenvalue weighted by molar-refractivity contribution is 5.86. The van der Waals surface area contributed by atoms with Gasteiger partial charge in [0.2, 0.25) is 0 Å². The van der Waals surface area contributed by atoms with Crippen molar-refractivity contribution in [2.45, 2.75) is 13.3 Å². The molecule has 3 heteroatoms. The number of hydrogen-bond acceptors (Lipinski definition) is 0. The van der Waals surface area contributed by atoms with Gasteiger partial charge in [-0.05, 0) is 12.5 Å².